The Morgan fingerprint density at radius 1 is 1.09 bits per heavy atom. The van der Waals surface area contributed by atoms with Gasteiger partial charge >= 0.3 is 0 Å². The predicted octanol–water partition coefficient (Wildman–Crippen LogP) is 5.51. The molecule has 0 saturated carbocycles. The van der Waals surface area contributed by atoms with Crippen molar-refractivity contribution in [3.8, 4) is 0 Å². The molecule has 0 N–H and O–H groups in total. The topological polar surface area (TPSA) is 36.4 Å². The van der Waals surface area contributed by atoms with Crippen LogP contribution in [0, 0.1) is 19.7 Å². The highest BCUT2D eigenvalue weighted by Gasteiger charge is 2.22. The second-order valence-electron chi connectivity index (χ2n) is 8.77. The van der Waals surface area contributed by atoms with Crippen LogP contribution in [-0.4, -0.2) is 47.4 Å². The van der Waals surface area contributed by atoms with Crippen LogP contribution in [0.25, 0.3) is 11.3 Å². The molecule has 0 aliphatic carbocycles. The molecule has 0 radical (unpaired) electrons. The van der Waals surface area contributed by atoms with Gasteiger partial charge in [-0.25, -0.2) is 9.37 Å². The second-order valence-corrected chi connectivity index (χ2v) is 10.1. The highest BCUT2D eigenvalue weighted by Crippen LogP contribution is 2.26. The fourth-order valence-corrected chi connectivity index (χ4v) is 5.15. The van der Waals surface area contributed by atoms with E-state index in [1.165, 1.54) is 22.6 Å². The Morgan fingerprint density at radius 2 is 1.74 bits per heavy atom. The van der Waals surface area contributed by atoms with Crippen molar-refractivity contribution in [2.45, 2.75) is 26.7 Å². The van der Waals surface area contributed by atoms with E-state index in [-0.39, 0.29) is 18.3 Å². The molecule has 4 nitrogen and oxygen atoms in total. The molecule has 1 aliphatic heterocycles. The zero-order valence-electron chi connectivity index (χ0n) is 20.0. The number of halogens is 1. The largest absolute Gasteiger partial charge is 0.365 e. The maximum Gasteiger partial charge on any atom is 0.242 e. The third-order valence-electron chi connectivity index (χ3n) is 6.12. The number of rotatable bonds is 6. The molecule has 2 aromatic carbocycles. The van der Waals surface area contributed by atoms with Crippen LogP contribution in [-0.2, 0) is 17.6 Å². The second kappa shape index (κ2) is 10.3. The smallest absolute Gasteiger partial charge is 0.242 e. The monoisotopic (exact) mass is 475 g/mol. The molecule has 1 aliphatic rings. The Balaban J connectivity index is 1.53. The average Bonchev–Trinajstić information content (AvgIpc) is 3.05. The van der Waals surface area contributed by atoms with Gasteiger partial charge in [-0.3, -0.25) is 4.79 Å². The Kier molecular flexibility index (Phi) is 7.27. The third kappa shape index (κ3) is 5.62. The number of allylic oxidation sites excluding steroid dienone is 2. The molecule has 0 fully saturated rings. The summed E-state index contributed by atoms with van der Waals surface area (Å²) in [5.41, 5.74) is 5.81. The molecule has 3 aromatic rings. The first-order valence-electron chi connectivity index (χ1n) is 11.5. The van der Waals surface area contributed by atoms with Crippen molar-refractivity contribution < 1.29 is 9.18 Å². The van der Waals surface area contributed by atoms with Crippen molar-refractivity contribution in [2.24, 2.45) is 0 Å². The summed E-state index contributed by atoms with van der Waals surface area (Å²) >= 11 is 1.73. The van der Waals surface area contributed by atoms with Crippen LogP contribution >= 0.6 is 11.3 Å². The van der Waals surface area contributed by atoms with Gasteiger partial charge in [0.2, 0.25) is 5.91 Å². The van der Waals surface area contributed by atoms with Gasteiger partial charge in [-0.2, -0.15) is 0 Å². The number of benzene rings is 2. The number of thiazole rings is 1. The summed E-state index contributed by atoms with van der Waals surface area (Å²) in [4.78, 5) is 23.0. The lowest BCUT2D eigenvalue weighted by Crippen LogP contribution is -2.40. The van der Waals surface area contributed by atoms with E-state index >= 15 is 0 Å². The maximum atomic E-state index is 13.6. The molecule has 4 rings (SSSR count). The van der Waals surface area contributed by atoms with Crippen LogP contribution in [0.4, 0.5) is 4.39 Å². The van der Waals surface area contributed by atoms with Crippen LogP contribution in [0.2, 0.25) is 0 Å². The zero-order valence-corrected chi connectivity index (χ0v) is 20.8. The Hall–Kier alpha value is -3.25. The normalized spacial score (nSPS) is 13.9. The van der Waals surface area contributed by atoms with Gasteiger partial charge in [0, 0.05) is 43.6 Å². The molecule has 0 saturated heterocycles. The van der Waals surface area contributed by atoms with Crippen LogP contribution in [0.5, 0.6) is 0 Å². The summed E-state index contributed by atoms with van der Waals surface area (Å²) < 4.78 is 13.6. The minimum Gasteiger partial charge on any atom is -0.365 e. The molecule has 0 atom stereocenters. The molecule has 6 heteroatoms. The van der Waals surface area contributed by atoms with E-state index in [0.717, 1.165) is 45.9 Å². The fourth-order valence-electron chi connectivity index (χ4n) is 4.18. The van der Waals surface area contributed by atoms with E-state index < -0.39 is 0 Å². The van der Waals surface area contributed by atoms with Crippen molar-refractivity contribution in [3.05, 3.63) is 99.3 Å². The van der Waals surface area contributed by atoms with Crippen molar-refractivity contribution in [3.63, 3.8) is 0 Å². The van der Waals surface area contributed by atoms with E-state index in [0.29, 0.717) is 13.1 Å². The van der Waals surface area contributed by atoms with E-state index in [9.17, 15) is 9.18 Å². The lowest BCUT2D eigenvalue weighted by atomic mass is 10.0. The van der Waals surface area contributed by atoms with E-state index in [1.54, 1.807) is 23.5 Å². The number of hydrogen-bond acceptors (Lipinski definition) is 4. The highest BCUT2D eigenvalue weighted by molar-refractivity contribution is 7.11. The van der Waals surface area contributed by atoms with Crippen LogP contribution in [0.3, 0.4) is 0 Å². The fraction of sp³-hybridized carbons (Fsp3) is 0.286. The lowest BCUT2D eigenvalue weighted by Gasteiger charge is -2.27. The summed E-state index contributed by atoms with van der Waals surface area (Å²) in [6, 6.07) is 14.5. The van der Waals surface area contributed by atoms with Crippen molar-refractivity contribution >= 4 is 28.5 Å². The van der Waals surface area contributed by atoms with Crippen LogP contribution < -0.4 is 0 Å². The molecule has 2 heterocycles. The quantitative estimate of drug-likeness (QED) is 0.441. The van der Waals surface area contributed by atoms with Crippen molar-refractivity contribution in [1.29, 1.82) is 0 Å². The number of likely N-dealkylation sites (N-methyl/N-ethyl adjacent to an activating group) is 1. The lowest BCUT2D eigenvalue weighted by molar-refractivity contribution is -0.131. The number of aryl methyl sites for hydroxylation is 2. The van der Waals surface area contributed by atoms with Crippen LogP contribution in [0.1, 0.15) is 32.3 Å². The number of hydrogen-bond donors (Lipinski definition) is 0. The highest BCUT2D eigenvalue weighted by atomic mass is 32.1. The van der Waals surface area contributed by atoms with Gasteiger partial charge in [0.25, 0.3) is 0 Å². The number of fused-ring (bicyclic) bond motifs is 1. The summed E-state index contributed by atoms with van der Waals surface area (Å²) in [7, 11) is 1.90. The predicted molar refractivity (Wildman–Crippen MR) is 138 cm³/mol. The van der Waals surface area contributed by atoms with E-state index in [4.69, 9.17) is 0 Å². The zero-order chi connectivity index (χ0) is 24.2. The number of amides is 1. The van der Waals surface area contributed by atoms with Gasteiger partial charge < -0.3 is 9.80 Å². The molecular weight excluding hydrogens is 445 g/mol. The number of nitrogens with zero attached hydrogens (tertiary/aromatic N) is 3. The SMILES string of the molecule is C=C(/C=C(/c1ccc(F)cc1)N(C)CC(=O)N1CCc2nc(C)sc2CC1)c1ccc(C)cc1. The molecule has 0 unspecified atom stereocenters. The van der Waals surface area contributed by atoms with Gasteiger partial charge in [0.05, 0.1) is 17.2 Å². The van der Waals surface area contributed by atoms with Gasteiger partial charge in [-0.05, 0) is 60.9 Å². The van der Waals surface area contributed by atoms with Gasteiger partial charge in [-0.15, -0.1) is 11.3 Å². The Labute approximate surface area is 205 Å². The van der Waals surface area contributed by atoms with Crippen molar-refractivity contribution in [2.75, 3.05) is 26.7 Å². The molecule has 34 heavy (non-hydrogen) atoms. The van der Waals surface area contributed by atoms with Gasteiger partial charge in [0.15, 0.2) is 0 Å². The summed E-state index contributed by atoms with van der Waals surface area (Å²) in [5, 5.41) is 1.09. The number of carbonyl (C=O) groups is 1. The minimum absolute atomic E-state index is 0.0725. The molecule has 0 bridgehead atoms. The molecule has 1 aromatic heterocycles. The average molecular weight is 476 g/mol. The first kappa shape index (κ1) is 23.9. The third-order valence-corrected chi connectivity index (χ3v) is 7.20. The number of carbonyl (C=O) groups excluding carboxylic acids is 1. The summed E-state index contributed by atoms with van der Waals surface area (Å²) in [5.74, 6) is -0.219. The van der Waals surface area contributed by atoms with Crippen molar-refractivity contribution in [1.82, 2.24) is 14.8 Å². The first-order chi connectivity index (χ1) is 16.3. The van der Waals surface area contributed by atoms with E-state index in [2.05, 4.69) is 11.6 Å². The summed E-state index contributed by atoms with van der Waals surface area (Å²) in [6.45, 7) is 9.93. The molecule has 1 amide bonds. The Bertz CT molecular complexity index is 1190. The maximum absolute atomic E-state index is 13.6. The first-order valence-corrected chi connectivity index (χ1v) is 12.3. The molecular formula is C28H30FN3OS. The summed E-state index contributed by atoms with van der Waals surface area (Å²) in [6.07, 6.45) is 3.61. The minimum atomic E-state index is -0.292. The van der Waals surface area contributed by atoms with E-state index in [1.807, 2.05) is 61.0 Å². The van der Waals surface area contributed by atoms with Gasteiger partial charge in [0.1, 0.15) is 5.82 Å². The molecule has 176 valence electrons. The van der Waals surface area contributed by atoms with Crippen LogP contribution in [0.15, 0.2) is 61.2 Å². The Morgan fingerprint density at radius 3 is 2.44 bits per heavy atom. The standard InChI is InChI=1S/C28H30FN3OS/c1-19-5-7-22(8-6-19)20(2)17-26(23-9-11-24(29)12-10-23)31(4)18-28(33)32-15-13-25-27(14-16-32)34-21(3)30-25/h5-12,17H,2,13-16,18H2,1,3-4H3/b26-17-. The number of aromatic nitrogens is 1. The van der Waals surface area contributed by atoms with Gasteiger partial charge in [-0.1, -0.05) is 36.4 Å². The molecule has 0 spiro atoms.